The summed E-state index contributed by atoms with van der Waals surface area (Å²) in [6, 6.07) is 0. The molecule has 5 aliphatic rings. The summed E-state index contributed by atoms with van der Waals surface area (Å²) in [5.74, 6) is 6.06. The summed E-state index contributed by atoms with van der Waals surface area (Å²) < 4.78 is 0. The first-order valence-corrected chi connectivity index (χ1v) is 13.6. The quantitative estimate of drug-likeness (QED) is 0.511. The number of Topliss-reactive ketones (excluding diaryl/α,β-unsaturated/α-hetero) is 1. The third kappa shape index (κ3) is 3.61. The second-order valence-corrected chi connectivity index (χ2v) is 12.9. The molecule has 0 aromatic carbocycles. The van der Waals surface area contributed by atoms with Gasteiger partial charge in [0.2, 0.25) is 0 Å². The summed E-state index contributed by atoms with van der Waals surface area (Å²) in [7, 11) is 2.30. The highest BCUT2D eigenvalue weighted by Gasteiger charge is 2.60. The zero-order valence-electron chi connectivity index (χ0n) is 20.1. The van der Waals surface area contributed by atoms with Crippen molar-refractivity contribution in [3.8, 4) is 0 Å². The van der Waals surface area contributed by atoms with Crippen molar-refractivity contribution in [2.75, 3.05) is 20.1 Å². The van der Waals surface area contributed by atoms with E-state index in [4.69, 9.17) is 0 Å². The standard InChI is InChI=1S/C28H47NO/c1-27-15-12-21(7-6-20-5-4-17-29(3)18-14-20)19-22(27)8-9-23-24-10-11-26(30)28(24,2)16-13-25(23)27/h20-25H,4-19H2,1-3H3/t20?,21?,22?,23?,24?,25?,27-,28-/m0/s1. The SMILES string of the molecule is CN1CCCC(CCC2CC[C@@]3(C)C(CCC4C3CC[C@]3(C)C(=O)CCC43)C2)CC1. The smallest absolute Gasteiger partial charge is 0.139 e. The summed E-state index contributed by atoms with van der Waals surface area (Å²) in [5, 5.41) is 0. The molecule has 0 amide bonds. The molecule has 0 aromatic rings. The van der Waals surface area contributed by atoms with Crippen LogP contribution in [0.5, 0.6) is 0 Å². The van der Waals surface area contributed by atoms with Crippen LogP contribution < -0.4 is 0 Å². The molecule has 6 unspecified atom stereocenters. The van der Waals surface area contributed by atoms with Gasteiger partial charge in [0, 0.05) is 11.8 Å². The average Bonchev–Trinajstić information content (AvgIpc) is 2.89. The van der Waals surface area contributed by atoms with E-state index in [1.807, 2.05) is 0 Å². The lowest BCUT2D eigenvalue weighted by Gasteiger charge is -2.60. The molecule has 5 rings (SSSR count). The lowest BCUT2D eigenvalue weighted by Crippen LogP contribution is -2.53. The van der Waals surface area contributed by atoms with Crippen molar-refractivity contribution in [3.63, 3.8) is 0 Å². The van der Waals surface area contributed by atoms with E-state index in [9.17, 15) is 4.79 Å². The zero-order chi connectivity index (χ0) is 20.9. The molecule has 0 aromatic heterocycles. The molecule has 0 bridgehead atoms. The van der Waals surface area contributed by atoms with Crippen LogP contribution in [0.25, 0.3) is 0 Å². The molecule has 1 heterocycles. The van der Waals surface area contributed by atoms with E-state index in [1.54, 1.807) is 0 Å². The molecule has 2 heteroatoms. The molecule has 1 aliphatic heterocycles. The molecule has 4 aliphatic carbocycles. The van der Waals surface area contributed by atoms with E-state index in [-0.39, 0.29) is 5.41 Å². The molecule has 8 atom stereocenters. The van der Waals surface area contributed by atoms with Crippen LogP contribution in [0.2, 0.25) is 0 Å². The van der Waals surface area contributed by atoms with E-state index in [2.05, 4.69) is 25.8 Å². The fourth-order valence-electron chi connectivity index (χ4n) is 9.45. The number of ketones is 1. The van der Waals surface area contributed by atoms with Gasteiger partial charge in [-0.3, -0.25) is 4.79 Å². The Hall–Kier alpha value is -0.370. The Balaban J connectivity index is 1.20. The van der Waals surface area contributed by atoms with E-state index in [0.717, 1.165) is 36.0 Å². The first-order chi connectivity index (χ1) is 14.4. The summed E-state index contributed by atoms with van der Waals surface area (Å²) >= 11 is 0. The normalized spacial score (nSPS) is 49.8. The topological polar surface area (TPSA) is 20.3 Å². The molecule has 0 spiro atoms. The Labute approximate surface area is 185 Å². The number of carbonyl (C=O) groups is 1. The predicted molar refractivity (Wildman–Crippen MR) is 124 cm³/mol. The van der Waals surface area contributed by atoms with Crippen LogP contribution in [-0.4, -0.2) is 30.8 Å². The Kier molecular flexibility index (Phi) is 5.87. The third-order valence-electron chi connectivity index (χ3n) is 11.5. The van der Waals surface area contributed by atoms with Crippen molar-refractivity contribution >= 4 is 5.78 Å². The number of fused-ring (bicyclic) bond motifs is 5. The Bertz CT molecular complexity index is 645. The molecule has 2 nitrogen and oxygen atoms in total. The van der Waals surface area contributed by atoms with Crippen molar-refractivity contribution in [1.82, 2.24) is 4.90 Å². The molecule has 0 N–H and O–H groups in total. The minimum atomic E-state index is 0.0499. The fourth-order valence-corrected chi connectivity index (χ4v) is 9.45. The highest BCUT2D eigenvalue weighted by atomic mass is 16.1. The largest absolute Gasteiger partial charge is 0.306 e. The Morgan fingerprint density at radius 3 is 2.57 bits per heavy atom. The third-order valence-corrected chi connectivity index (χ3v) is 11.5. The lowest BCUT2D eigenvalue weighted by molar-refractivity contribution is -0.140. The van der Waals surface area contributed by atoms with E-state index >= 15 is 0 Å². The van der Waals surface area contributed by atoms with Gasteiger partial charge in [0.15, 0.2) is 0 Å². The molecule has 30 heavy (non-hydrogen) atoms. The van der Waals surface area contributed by atoms with Gasteiger partial charge in [-0.1, -0.05) is 26.7 Å². The van der Waals surface area contributed by atoms with E-state index in [0.29, 0.717) is 17.1 Å². The Morgan fingerprint density at radius 2 is 1.70 bits per heavy atom. The number of carbonyl (C=O) groups excluding carboxylic acids is 1. The van der Waals surface area contributed by atoms with Gasteiger partial charge in [-0.25, -0.2) is 0 Å². The average molecular weight is 414 g/mol. The van der Waals surface area contributed by atoms with Gasteiger partial charge in [0.1, 0.15) is 5.78 Å². The second kappa shape index (κ2) is 8.20. The molecule has 5 fully saturated rings. The highest BCUT2D eigenvalue weighted by molar-refractivity contribution is 5.87. The minimum absolute atomic E-state index is 0.0499. The number of rotatable bonds is 3. The molecule has 1 saturated heterocycles. The van der Waals surface area contributed by atoms with Gasteiger partial charge < -0.3 is 4.90 Å². The highest BCUT2D eigenvalue weighted by Crippen LogP contribution is 2.66. The molecule has 0 radical (unpaired) electrons. The van der Waals surface area contributed by atoms with Gasteiger partial charge in [-0.05, 0) is 132 Å². The van der Waals surface area contributed by atoms with Crippen molar-refractivity contribution in [1.29, 1.82) is 0 Å². The van der Waals surface area contributed by atoms with Gasteiger partial charge in [-0.2, -0.15) is 0 Å². The first kappa shape index (κ1) is 21.5. The predicted octanol–water partition coefficient (Wildman–Crippen LogP) is 6.73. The van der Waals surface area contributed by atoms with Crippen LogP contribution in [0.3, 0.4) is 0 Å². The van der Waals surface area contributed by atoms with Crippen molar-refractivity contribution in [3.05, 3.63) is 0 Å². The number of hydrogen-bond donors (Lipinski definition) is 0. The maximum atomic E-state index is 12.6. The van der Waals surface area contributed by atoms with Crippen molar-refractivity contribution < 1.29 is 4.79 Å². The van der Waals surface area contributed by atoms with Crippen LogP contribution in [-0.2, 0) is 4.79 Å². The molecule has 170 valence electrons. The maximum absolute atomic E-state index is 12.6. The van der Waals surface area contributed by atoms with Crippen LogP contribution in [0, 0.1) is 46.3 Å². The number of likely N-dealkylation sites (tertiary alicyclic amines) is 1. The molecular weight excluding hydrogens is 366 g/mol. The molecular formula is C28H47NO. The van der Waals surface area contributed by atoms with Crippen LogP contribution in [0.15, 0.2) is 0 Å². The van der Waals surface area contributed by atoms with E-state index in [1.165, 1.54) is 96.6 Å². The van der Waals surface area contributed by atoms with Gasteiger partial charge in [0.05, 0.1) is 0 Å². The molecule has 4 saturated carbocycles. The van der Waals surface area contributed by atoms with E-state index < -0.39 is 0 Å². The van der Waals surface area contributed by atoms with Gasteiger partial charge >= 0.3 is 0 Å². The summed E-state index contributed by atoms with van der Waals surface area (Å²) in [5.41, 5.74) is 0.631. The monoisotopic (exact) mass is 413 g/mol. The van der Waals surface area contributed by atoms with Crippen LogP contribution in [0.1, 0.15) is 104 Å². The second-order valence-electron chi connectivity index (χ2n) is 12.9. The van der Waals surface area contributed by atoms with Gasteiger partial charge in [0.25, 0.3) is 0 Å². The summed E-state index contributed by atoms with van der Waals surface area (Å²) in [4.78, 5) is 15.2. The van der Waals surface area contributed by atoms with Gasteiger partial charge in [-0.15, -0.1) is 0 Å². The maximum Gasteiger partial charge on any atom is 0.139 e. The summed E-state index contributed by atoms with van der Waals surface area (Å²) in [6.45, 7) is 7.65. The fraction of sp³-hybridized carbons (Fsp3) is 0.964. The minimum Gasteiger partial charge on any atom is -0.306 e. The van der Waals surface area contributed by atoms with Crippen LogP contribution in [0.4, 0.5) is 0 Å². The lowest BCUT2D eigenvalue weighted by atomic mass is 9.44. The Morgan fingerprint density at radius 1 is 0.867 bits per heavy atom. The van der Waals surface area contributed by atoms with Crippen LogP contribution >= 0.6 is 0 Å². The van der Waals surface area contributed by atoms with Crippen molar-refractivity contribution in [2.45, 2.75) is 104 Å². The number of nitrogens with zero attached hydrogens (tertiary/aromatic N) is 1. The first-order valence-electron chi connectivity index (χ1n) is 13.6. The summed E-state index contributed by atoms with van der Waals surface area (Å²) in [6.07, 6.45) is 19.3. The zero-order valence-corrected chi connectivity index (χ0v) is 20.1. The van der Waals surface area contributed by atoms with Crippen molar-refractivity contribution in [2.24, 2.45) is 46.3 Å². The number of hydrogen-bond acceptors (Lipinski definition) is 2.